The molecular formula is C9H24N2. The number of hydrogen-bond acceptors (Lipinski definition) is 2. The van der Waals surface area contributed by atoms with Crippen LogP contribution in [0.15, 0.2) is 0 Å². The molecule has 0 saturated carbocycles. The van der Waals surface area contributed by atoms with Crippen molar-refractivity contribution in [2.24, 2.45) is 5.92 Å². The van der Waals surface area contributed by atoms with Crippen molar-refractivity contribution in [3.05, 3.63) is 0 Å². The Morgan fingerprint density at radius 2 is 1.36 bits per heavy atom. The average Bonchev–Trinajstić information content (AvgIpc) is 1.87. The van der Waals surface area contributed by atoms with Crippen LogP contribution in [0.4, 0.5) is 0 Å². The van der Waals surface area contributed by atoms with Gasteiger partial charge in [-0.25, -0.2) is 0 Å². The van der Waals surface area contributed by atoms with Crippen LogP contribution in [0.25, 0.3) is 0 Å². The normalized spacial score (nSPS) is 12.3. The van der Waals surface area contributed by atoms with Crippen LogP contribution in [0.5, 0.6) is 0 Å². The first-order chi connectivity index (χ1) is 5.04. The summed E-state index contributed by atoms with van der Waals surface area (Å²) in [5.74, 6) is 0.833. The fourth-order valence-electron chi connectivity index (χ4n) is 0.408. The van der Waals surface area contributed by atoms with Gasteiger partial charge in [-0.05, 0) is 26.9 Å². The monoisotopic (exact) mass is 160 g/mol. The smallest absolute Gasteiger partial charge is 0.0161 e. The highest BCUT2D eigenvalue weighted by Gasteiger charge is 1.90. The predicted octanol–water partition coefficient (Wildman–Crippen LogP) is 1.48. The molecule has 0 heterocycles. The highest BCUT2D eigenvalue weighted by Crippen LogP contribution is 1.81. The largest absolute Gasteiger partial charge is 0.318 e. The van der Waals surface area contributed by atoms with Gasteiger partial charge in [0, 0.05) is 12.6 Å². The lowest BCUT2D eigenvalue weighted by Gasteiger charge is -2.06. The van der Waals surface area contributed by atoms with Gasteiger partial charge in [0.1, 0.15) is 0 Å². The molecule has 0 aliphatic rings. The first-order valence-corrected chi connectivity index (χ1v) is 4.36. The zero-order valence-corrected chi connectivity index (χ0v) is 8.86. The molecule has 0 aromatic rings. The second kappa shape index (κ2) is 9.92. The fourth-order valence-corrected chi connectivity index (χ4v) is 0.408. The second-order valence-electron chi connectivity index (χ2n) is 3.48. The molecule has 2 N–H and O–H groups in total. The summed E-state index contributed by atoms with van der Waals surface area (Å²) in [7, 11) is 3.91. The molecule has 0 amide bonds. The van der Waals surface area contributed by atoms with Gasteiger partial charge >= 0.3 is 0 Å². The summed E-state index contributed by atoms with van der Waals surface area (Å²) >= 11 is 0. The van der Waals surface area contributed by atoms with Gasteiger partial charge in [-0.1, -0.05) is 20.8 Å². The highest BCUT2D eigenvalue weighted by molar-refractivity contribution is 4.56. The van der Waals surface area contributed by atoms with Gasteiger partial charge < -0.3 is 10.6 Å². The molecule has 70 valence electrons. The van der Waals surface area contributed by atoms with Crippen LogP contribution in [0.1, 0.15) is 27.7 Å². The summed E-state index contributed by atoms with van der Waals surface area (Å²) < 4.78 is 0. The van der Waals surface area contributed by atoms with Crippen LogP contribution in [0.2, 0.25) is 0 Å². The summed E-state index contributed by atoms with van der Waals surface area (Å²) in [5, 5.41) is 6.16. The van der Waals surface area contributed by atoms with Crippen LogP contribution in [-0.2, 0) is 0 Å². The lowest BCUT2D eigenvalue weighted by Crippen LogP contribution is -2.31. The van der Waals surface area contributed by atoms with Crippen molar-refractivity contribution in [2.75, 3.05) is 20.6 Å². The van der Waals surface area contributed by atoms with Crippen molar-refractivity contribution in [1.82, 2.24) is 10.6 Å². The van der Waals surface area contributed by atoms with E-state index < -0.39 is 0 Å². The van der Waals surface area contributed by atoms with Gasteiger partial charge in [0.2, 0.25) is 0 Å². The Kier molecular flexibility index (Phi) is 12.2. The molecule has 0 aromatic carbocycles. The van der Waals surface area contributed by atoms with Crippen molar-refractivity contribution in [3.63, 3.8) is 0 Å². The van der Waals surface area contributed by atoms with Crippen molar-refractivity contribution in [2.45, 2.75) is 33.7 Å². The highest BCUT2D eigenvalue weighted by atomic mass is 14.9. The molecule has 0 radical (unpaired) electrons. The van der Waals surface area contributed by atoms with Crippen molar-refractivity contribution in [1.29, 1.82) is 0 Å². The van der Waals surface area contributed by atoms with Gasteiger partial charge in [-0.2, -0.15) is 0 Å². The van der Waals surface area contributed by atoms with E-state index in [0.717, 1.165) is 12.5 Å². The van der Waals surface area contributed by atoms with Crippen LogP contribution < -0.4 is 10.6 Å². The minimum atomic E-state index is 0.588. The molecule has 0 bridgehead atoms. The third-order valence-electron chi connectivity index (χ3n) is 1.00. The first-order valence-electron chi connectivity index (χ1n) is 4.36. The lowest BCUT2D eigenvalue weighted by molar-refractivity contribution is 0.573. The maximum atomic E-state index is 3.10. The molecule has 1 atom stereocenters. The summed E-state index contributed by atoms with van der Waals surface area (Å²) in [4.78, 5) is 0. The van der Waals surface area contributed by atoms with E-state index >= 15 is 0 Å². The Balaban J connectivity index is 0. The van der Waals surface area contributed by atoms with Crippen LogP contribution in [0, 0.1) is 5.92 Å². The molecule has 0 spiro atoms. The molecule has 0 saturated heterocycles. The lowest BCUT2D eigenvalue weighted by atomic mass is 10.3. The summed E-state index contributed by atoms with van der Waals surface area (Å²) in [6.45, 7) is 9.67. The molecule has 0 aromatic heterocycles. The molecule has 1 unspecified atom stereocenters. The first kappa shape index (κ1) is 13.5. The number of hydrogen-bond donors (Lipinski definition) is 2. The standard InChI is InChI=1S/C5H14N2.C4H10/c1-5(7-3)4-6-2;1-4(2)3/h5-7H,4H2,1-3H3;4H,1-3H3. The van der Waals surface area contributed by atoms with Crippen molar-refractivity contribution in [3.8, 4) is 0 Å². The van der Waals surface area contributed by atoms with Gasteiger partial charge in [-0.3, -0.25) is 0 Å². The third-order valence-corrected chi connectivity index (χ3v) is 1.00. The topological polar surface area (TPSA) is 24.1 Å². The van der Waals surface area contributed by atoms with Gasteiger partial charge in [0.25, 0.3) is 0 Å². The summed E-state index contributed by atoms with van der Waals surface area (Å²) in [6, 6.07) is 0.588. The number of rotatable bonds is 3. The van der Waals surface area contributed by atoms with E-state index in [4.69, 9.17) is 0 Å². The molecule has 2 heteroatoms. The molecule has 0 aliphatic carbocycles. The Morgan fingerprint density at radius 3 is 1.45 bits per heavy atom. The molecule has 0 rings (SSSR count). The Morgan fingerprint density at radius 1 is 1.00 bits per heavy atom. The quantitative estimate of drug-likeness (QED) is 0.653. The van der Waals surface area contributed by atoms with Crippen LogP contribution >= 0.6 is 0 Å². The van der Waals surface area contributed by atoms with E-state index in [1.807, 2.05) is 14.1 Å². The molecule has 2 nitrogen and oxygen atoms in total. The molecule has 0 aliphatic heterocycles. The van der Waals surface area contributed by atoms with E-state index in [0.29, 0.717) is 6.04 Å². The second-order valence-corrected chi connectivity index (χ2v) is 3.48. The van der Waals surface area contributed by atoms with E-state index in [1.165, 1.54) is 0 Å². The van der Waals surface area contributed by atoms with Crippen LogP contribution in [-0.4, -0.2) is 26.7 Å². The minimum absolute atomic E-state index is 0.588. The predicted molar refractivity (Wildman–Crippen MR) is 53.0 cm³/mol. The Labute approximate surface area is 71.8 Å². The maximum Gasteiger partial charge on any atom is 0.0161 e. The molecule has 11 heavy (non-hydrogen) atoms. The van der Waals surface area contributed by atoms with E-state index in [2.05, 4.69) is 38.3 Å². The van der Waals surface area contributed by atoms with Crippen molar-refractivity contribution < 1.29 is 0 Å². The van der Waals surface area contributed by atoms with Crippen molar-refractivity contribution >= 4 is 0 Å². The van der Waals surface area contributed by atoms with E-state index in [9.17, 15) is 0 Å². The van der Waals surface area contributed by atoms with Crippen LogP contribution in [0.3, 0.4) is 0 Å². The Hall–Kier alpha value is -0.0800. The third kappa shape index (κ3) is 25.7. The summed E-state index contributed by atoms with van der Waals surface area (Å²) in [5.41, 5.74) is 0. The fraction of sp³-hybridized carbons (Fsp3) is 1.00. The van der Waals surface area contributed by atoms with E-state index in [-0.39, 0.29) is 0 Å². The minimum Gasteiger partial charge on any atom is -0.318 e. The van der Waals surface area contributed by atoms with Gasteiger partial charge in [0.15, 0.2) is 0 Å². The SMILES string of the molecule is CC(C)C.CNCC(C)NC. The zero-order chi connectivity index (χ0) is 9.28. The Bertz CT molecular complexity index is 59.8. The van der Waals surface area contributed by atoms with E-state index in [1.54, 1.807) is 0 Å². The maximum absolute atomic E-state index is 3.10. The zero-order valence-electron chi connectivity index (χ0n) is 8.86. The van der Waals surface area contributed by atoms with Gasteiger partial charge in [0.05, 0.1) is 0 Å². The molecular weight excluding hydrogens is 136 g/mol. The number of likely N-dealkylation sites (N-methyl/N-ethyl adjacent to an activating group) is 2. The van der Waals surface area contributed by atoms with Gasteiger partial charge in [-0.15, -0.1) is 0 Å². The average molecular weight is 160 g/mol. The molecule has 0 fully saturated rings. The summed E-state index contributed by atoms with van der Waals surface area (Å²) in [6.07, 6.45) is 0. The number of nitrogens with one attached hydrogen (secondary N) is 2.